The number of nitrogens with zero attached hydrogens (tertiary/aromatic N) is 2. The number of nitrogens with one attached hydrogen (secondary N) is 1. The summed E-state index contributed by atoms with van der Waals surface area (Å²) in [4.78, 5) is 17.1. The summed E-state index contributed by atoms with van der Waals surface area (Å²) < 4.78 is 5.95. The van der Waals surface area contributed by atoms with E-state index in [1.807, 2.05) is 14.1 Å². The van der Waals surface area contributed by atoms with Gasteiger partial charge in [0.05, 0.1) is 6.04 Å². The fourth-order valence-electron chi connectivity index (χ4n) is 3.95. The molecule has 0 saturated heterocycles. The minimum atomic E-state index is -0.201. The molecule has 1 N–H and O–H groups in total. The highest BCUT2D eigenvalue weighted by atomic mass is 79.9. The first-order valence-corrected chi connectivity index (χ1v) is 10.9. The third-order valence-corrected chi connectivity index (χ3v) is 6.07. The van der Waals surface area contributed by atoms with E-state index in [2.05, 4.69) is 79.6 Å². The summed E-state index contributed by atoms with van der Waals surface area (Å²) in [5, 5.41) is 3.06. The van der Waals surface area contributed by atoms with Crippen molar-refractivity contribution in [2.45, 2.75) is 19.0 Å². The first-order valence-electron chi connectivity index (χ1n) is 10.1. The smallest absolute Gasteiger partial charge is 0.287 e. The van der Waals surface area contributed by atoms with E-state index in [0.29, 0.717) is 17.0 Å². The zero-order valence-electron chi connectivity index (χ0n) is 17.3. The number of anilines is 1. The van der Waals surface area contributed by atoms with E-state index < -0.39 is 0 Å². The fraction of sp³-hybridized carbons (Fsp3) is 0.292. The topological polar surface area (TPSA) is 48.7 Å². The monoisotopic (exact) mass is 467 g/mol. The van der Waals surface area contributed by atoms with E-state index in [-0.39, 0.29) is 11.9 Å². The Kier molecular flexibility index (Phi) is 6.25. The highest BCUT2D eigenvalue weighted by Gasteiger charge is 2.26. The number of hydrogen-bond acceptors (Lipinski definition) is 4. The average molecular weight is 468 g/mol. The molecule has 1 aliphatic rings. The predicted octanol–water partition coefficient (Wildman–Crippen LogP) is 4.64. The highest BCUT2D eigenvalue weighted by Crippen LogP contribution is 2.29. The molecule has 1 atom stereocenters. The molecule has 1 aliphatic heterocycles. The van der Waals surface area contributed by atoms with Crippen molar-refractivity contribution in [3.63, 3.8) is 0 Å². The summed E-state index contributed by atoms with van der Waals surface area (Å²) in [5.74, 6) is 0.112. The lowest BCUT2D eigenvalue weighted by atomic mass is 9.96. The van der Waals surface area contributed by atoms with Crippen LogP contribution >= 0.6 is 15.9 Å². The molecule has 0 spiro atoms. The van der Waals surface area contributed by atoms with Crippen LogP contribution < -0.4 is 10.2 Å². The van der Waals surface area contributed by atoms with E-state index >= 15 is 0 Å². The van der Waals surface area contributed by atoms with Gasteiger partial charge in [-0.2, -0.15) is 0 Å². The van der Waals surface area contributed by atoms with E-state index in [4.69, 9.17) is 4.42 Å². The lowest BCUT2D eigenvalue weighted by Crippen LogP contribution is -2.40. The quantitative estimate of drug-likeness (QED) is 0.573. The van der Waals surface area contributed by atoms with Crippen LogP contribution in [-0.4, -0.2) is 38.0 Å². The van der Waals surface area contributed by atoms with Gasteiger partial charge < -0.3 is 14.6 Å². The van der Waals surface area contributed by atoms with Gasteiger partial charge in [-0.25, -0.2) is 0 Å². The maximum Gasteiger partial charge on any atom is 0.287 e. The molecule has 2 heterocycles. The van der Waals surface area contributed by atoms with Gasteiger partial charge in [0.25, 0.3) is 5.91 Å². The molecule has 0 radical (unpaired) electrons. The van der Waals surface area contributed by atoms with Gasteiger partial charge in [-0.15, -0.1) is 0 Å². The molecule has 30 heavy (non-hydrogen) atoms. The zero-order chi connectivity index (χ0) is 21.1. The molecule has 6 heteroatoms. The predicted molar refractivity (Wildman–Crippen MR) is 123 cm³/mol. The molecular weight excluding hydrogens is 442 g/mol. The van der Waals surface area contributed by atoms with Gasteiger partial charge in [0, 0.05) is 39.4 Å². The van der Waals surface area contributed by atoms with Crippen molar-refractivity contribution in [1.29, 1.82) is 0 Å². The maximum absolute atomic E-state index is 12.6. The number of amides is 1. The van der Waals surface area contributed by atoms with E-state index in [9.17, 15) is 4.79 Å². The average Bonchev–Trinajstić information content (AvgIpc) is 3.20. The summed E-state index contributed by atoms with van der Waals surface area (Å²) >= 11 is 3.25. The van der Waals surface area contributed by atoms with Crippen LogP contribution in [0, 0.1) is 0 Å². The fourth-order valence-corrected chi connectivity index (χ4v) is 4.26. The Morgan fingerprint density at radius 1 is 1.10 bits per heavy atom. The number of halogens is 1. The number of hydrogen-bond donors (Lipinski definition) is 1. The van der Waals surface area contributed by atoms with Gasteiger partial charge in [0.15, 0.2) is 10.4 Å². The van der Waals surface area contributed by atoms with Crippen molar-refractivity contribution in [1.82, 2.24) is 10.2 Å². The second-order valence-corrected chi connectivity index (χ2v) is 8.59. The number of rotatable bonds is 6. The van der Waals surface area contributed by atoms with Crippen LogP contribution in [-0.2, 0) is 13.0 Å². The maximum atomic E-state index is 12.6. The Bertz CT molecular complexity index is 1010. The summed E-state index contributed by atoms with van der Waals surface area (Å²) in [6, 6.07) is 20.7. The minimum absolute atomic E-state index is 0.0805. The molecule has 0 aliphatic carbocycles. The molecule has 2 aromatic carbocycles. The number of benzene rings is 2. The molecule has 1 aromatic heterocycles. The van der Waals surface area contributed by atoms with E-state index in [1.165, 1.54) is 16.7 Å². The molecule has 0 fully saturated rings. The van der Waals surface area contributed by atoms with Gasteiger partial charge in [-0.05, 0) is 63.3 Å². The minimum Gasteiger partial charge on any atom is -0.444 e. The zero-order valence-corrected chi connectivity index (χ0v) is 18.9. The molecular formula is C24H26BrN3O2. The van der Waals surface area contributed by atoms with Crippen LogP contribution in [0.4, 0.5) is 5.69 Å². The molecule has 5 nitrogen and oxygen atoms in total. The normalized spacial score (nSPS) is 14.8. The van der Waals surface area contributed by atoms with E-state index in [1.54, 1.807) is 12.1 Å². The SMILES string of the molecule is CN(C)c1ccc([C@@H](CNC(=O)c2ccc(Br)o2)N2CCc3ccccc3C2)cc1. The van der Waals surface area contributed by atoms with Crippen LogP contribution in [0.25, 0.3) is 0 Å². The van der Waals surface area contributed by atoms with Gasteiger partial charge in [-0.1, -0.05) is 36.4 Å². The van der Waals surface area contributed by atoms with Crippen LogP contribution in [0.2, 0.25) is 0 Å². The largest absolute Gasteiger partial charge is 0.444 e. The molecule has 0 bridgehead atoms. The third-order valence-electron chi connectivity index (χ3n) is 5.65. The molecule has 1 amide bonds. The Hall–Kier alpha value is -2.57. The first kappa shape index (κ1) is 20.7. The van der Waals surface area contributed by atoms with Gasteiger partial charge in [0.1, 0.15) is 0 Å². The lowest BCUT2D eigenvalue weighted by molar-refractivity contribution is 0.0899. The first-order chi connectivity index (χ1) is 14.5. The number of carbonyl (C=O) groups excluding carboxylic acids is 1. The van der Waals surface area contributed by atoms with Gasteiger partial charge in [-0.3, -0.25) is 9.69 Å². The van der Waals surface area contributed by atoms with Crippen molar-refractivity contribution in [2.75, 3.05) is 32.1 Å². The highest BCUT2D eigenvalue weighted by molar-refractivity contribution is 9.10. The molecule has 3 aromatic rings. The molecule has 156 valence electrons. The number of furan rings is 1. The van der Waals surface area contributed by atoms with E-state index in [0.717, 1.165) is 25.2 Å². The van der Waals surface area contributed by atoms with Crippen LogP contribution in [0.15, 0.2) is 69.8 Å². The van der Waals surface area contributed by atoms with Crippen molar-refractivity contribution in [2.24, 2.45) is 0 Å². The summed E-state index contributed by atoms with van der Waals surface area (Å²) in [6.45, 7) is 2.35. The van der Waals surface area contributed by atoms with Crippen molar-refractivity contribution in [3.8, 4) is 0 Å². The lowest BCUT2D eigenvalue weighted by Gasteiger charge is -2.36. The summed E-state index contributed by atoms with van der Waals surface area (Å²) in [5.41, 5.74) is 5.13. The van der Waals surface area contributed by atoms with Crippen LogP contribution in [0.5, 0.6) is 0 Å². The molecule has 0 saturated carbocycles. The number of carbonyl (C=O) groups is 1. The van der Waals surface area contributed by atoms with Crippen molar-refractivity contribution in [3.05, 3.63) is 87.8 Å². The van der Waals surface area contributed by atoms with Gasteiger partial charge in [0.2, 0.25) is 0 Å². The molecule has 0 unspecified atom stereocenters. The van der Waals surface area contributed by atoms with Gasteiger partial charge >= 0.3 is 0 Å². The standard InChI is InChI=1S/C24H26BrN3O2/c1-27(2)20-9-7-18(8-10-20)21(15-26-24(29)22-11-12-23(25)30-22)28-14-13-17-5-3-4-6-19(17)16-28/h3-12,21H,13-16H2,1-2H3,(H,26,29)/t21-/m1/s1. The Morgan fingerprint density at radius 2 is 1.83 bits per heavy atom. The summed E-state index contributed by atoms with van der Waals surface area (Å²) in [6.07, 6.45) is 1.02. The third kappa shape index (κ3) is 4.60. The second kappa shape index (κ2) is 9.06. The Labute approximate surface area is 185 Å². The van der Waals surface area contributed by atoms with Crippen LogP contribution in [0.3, 0.4) is 0 Å². The van der Waals surface area contributed by atoms with Crippen LogP contribution in [0.1, 0.15) is 33.3 Å². The Morgan fingerprint density at radius 3 is 2.50 bits per heavy atom. The Balaban J connectivity index is 1.55. The van der Waals surface area contributed by atoms with Crippen molar-refractivity contribution < 1.29 is 9.21 Å². The number of fused-ring (bicyclic) bond motifs is 1. The molecule has 4 rings (SSSR count). The van der Waals surface area contributed by atoms with Crippen molar-refractivity contribution >= 4 is 27.5 Å². The summed E-state index contributed by atoms with van der Waals surface area (Å²) in [7, 11) is 4.07. The second-order valence-electron chi connectivity index (χ2n) is 7.80.